The van der Waals surface area contributed by atoms with Gasteiger partial charge in [-0.3, -0.25) is 0 Å². The summed E-state index contributed by atoms with van der Waals surface area (Å²) in [5.41, 5.74) is -0.271. The Balaban J connectivity index is 4.56. The van der Waals surface area contributed by atoms with E-state index in [1.165, 1.54) is 7.11 Å². The molecule has 0 aromatic rings. The van der Waals surface area contributed by atoms with E-state index in [1.807, 2.05) is 32.6 Å². The van der Waals surface area contributed by atoms with Gasteiger partial charge >= 0.3 is 5.97 Å². The smallest absolute Gasteiger partial charge is 0.333 e. The number of hydrogen-bond acceptors (Lipinski definition) is 4. The maximum absolute atomic E-state index is 11.5. The Bertz CT molecular complexity index is 235. The van der Waals surface area contributed by atoms with Crippen molar-refractivity contribution in [3.63, 3.8) is 0 Å². The highest BCUT2D eigenvalue weighted by Gasteiger charge is 2.29. The first-order valence-corrected chi connectivity index (χ1v) is 7.88. The van der Waals surface area contributed by atoms with Crippen molar-refractivity contribution in [2.45, 2.75) is 45.4 Å². The van der Waals surface area contributed by atoms with Crippen molar-refractivity contribution in [3.05, 3.63) is 0 Å². The Hall–Kier alpha value is -0.0400. The Labute approximate surface area is 102 Å². The molecule has 15 heavy (non-hydrogen) atoms. The number of halogens is 1. The molecular weight excluding hydrogens is 309 g/mol. The van der Waals surface area contributed by atoms with E-state index in [1.54, 1.807) is 0 Å². The highest BCUT2D eigenvalue weighted by Crippen LogP contribution is 2.17. The molecule has 90 valence electrons. The zero-order chi connectivity index (χ0) is 12.1. The lowest BCUT2D eigenvalue weighted by Crippen LogP contribution is -2.38. The van der Waals surface area contributed by atoms with Crippen LogP contribution in [0, 0.1) is 0 Å². The summed E-state index contributed by atoms with van der Waals surface area (Å²) < 4.78 is 14.7. The van der Waals surface area contributed by atoms with E-state index in [0.717, 1.165) is 0 Å². The van der Waals surface area contributed by atoms with Crippen molar-refractivity contribution >= 4 is 27.0 Å². The van der Waals surface area contributed by atoms with Gasteiger partial charge in [-0.05, 0) is 53.7 Å². The lowest BCUT2D eigenvalue weighted by atomic mass is 10.1. The summed E-state index contributed by atoms with van der Waals surface area (Å²) in [5.74, 6) is -0.312. The summed E-state index contributed by atoms with van der Waals surface area (Å²) in [6.07, 6.45) is -0.239. The van der Waals surface area contributed by atoms with Gasteiger partial charge in [0.05, 0.1) is 18.8 Å². The zero-order valence-corrected chi connectivity index (χ0v) is 12.4. The number of ether oxygens (including phenoxy) is 2. The van der Waals surface area contributed by atoms with E-state index in [9.17, 15) is 4.79 Å². The van der Waals surface area contributed by atoms with Crippen LogP contribution < -0.4 is 0 Å². The van der Waals surface area contributed by atoms with Crippen LogP contribution in [-0.4, -0.2) is 35.8 Å². The molecule has 0 bridgehead atoms. The van der Waals surface area contributed by atoms with Crippen LogP contribution in [0.25, 0.3) is 0 Å². The Morgan fingerprint density at radius 1 is 1.40 bits per heavy atom. The molecule has 0 N–H and O–H groups in total. The van der Waals surface area contributed by atoms with Gasteiger partial charge in [-0.15, -0.1) is 0 Å². The van der Waals surface area contributed by atoms with E-state index in [4.69, 9.17) is 9.47 Å². The minimum absolute atomic E-state index is 0.239. The highest BCUT2D eigenvalue weighted by molar-refractivity contribution is 14.2. The fourth-order valence-electron chi connectivity index (χ4n) is 1.16. The van der Waals surface area contributed by atoms with Gasteiger partial charge in [-0.1, -0.05) is 0 Å². The van der Waals surface area contributed by atoms with Crippen LogP contribution in [0.3, 0.4) is 0 Å². The van der Waals surface area contributed by atoms with Crippen molar-refractivity contribution in [1.82, 2.24) is 0 Å². The predicted octanol–water partition coefficient (Wildman–Crippen LogP) is 2.52. The molecule has 0 saturated heterocycles. The van der Waals surface area contributed by atoms with Crippen molar-refractivity contribution < 1.29 is 14.3 Å². The lowest BCUT2D eigenvalue weighted by Gasteiger charge is -2.27. The minimum atomic E-state index is -0.480. The second kappa shape index (κ2) is 6.52. The Morgan fingerprint density at radius 2 is 1.93 bits per heavy atom. The van der Waals surface area contributed by atoms with E-state index >= 15 is 0 Å². The number of methoxy groups -OCH3 is 1. The lowest BCUT2D eigenvalue weighted by molar-refractivity contribution is -0.148. The van der Waals surface area contributed by atoms with Gasteiger partial charge in [0.1, 0.15) is 0 Å². The normalized spacial score (nSPS) is 16.9. The first-order valence-electron chi connectivity index (χ1n) is 4.76. The molecule has 0 aliphatic rings. The maximum atomic E-state index is 11.5. The van der Waals surface area contributed by atoms with E-state index in [2.05, 4.69) is 3.15 Å². The van der Waals surface area contributed by atoms with Gasteiger partial charge in [0.25, 0.3) is 0 Å². The first kappa shape index (κ1) is 15.0. The average molecular weight is 329 g/mol. The van der Waals surface area contributed by atoms with Gasteiger partial charge in [0.2, 0.25) is 0 Å². The molecule has 5 heteroatoms. The van der Waals surface area contributed by atoms with Gasteiger partial charge in [-0.2, -0.15) is 0 Å². The molecule has 0 amide bonds. The summed E-state index contributed by atoms with van der Waals surface area (Å²) >= 11 is -0.305. The largest absolute Gasteiger partial charge is 0.467 e. The summed E-state index contributed by atoms with van der Waals surface area (Å²) in [7, 11) is 1.38. The van der Waals surface area contributed by atoms with Crippen LogP contribution in [0.4, 0.5) is 0 Å². The van der Waals surface area contributed by atoms with Crippen molar-refractivity contribution in [2.75, 3.05) is 12.0 Å². The summed E-state index contributed by atoms with van der Waals surface area (Å²) in [5, 5.41) is 0. The van der Waals surface area contributed by atoms with Crippen molar-refractivity contribution in [1.29, 1.82) is 0 Å². The quantitative estimate of drug-likeness (QED) is 0.452. The van der Waals surface area contributed by atoms with Crippen LogP contribution in [0.2, 0.25) is 0 Å². The number of alkyl halides is 1. The highest BCUT2D eigenvalue weighted by atomic mass is 127. The van der Waals surface area contributed by atoms with Gasteiger partial charge in [-0.25, -0.2) is 7.94 Å². The molecule has 0 rings (SSSR count). The number of rotatable bonds is 4. The third-order valence-electron chi connectivity index (χ3n) is 1.63. The number of nitrogens with zero attached hydrogens (tertiary/aromatic N) is 1. The molecule has 4 nitrogen and oxygen atoms in total. The van der Waals surface area contributed by atoms with Gasteiger partial charge in [0, 0.05) is 0 Å². The van der Waals surface area contributed by atoms with Crippen LogP contribution in [0.15, 0.2) is 3.15 Å². The van der Waals surface area contributed by atoms with Crippen molar-refractivity contribution in [2.24, 2.45) is 3.15 Å². The Kier molecular flexibility index (Phi) is 6.51. The van der Waals surface area contributed by atoms with Gasteiger partial charge in [0.15, 0.2) is 6.04 Å². The van der Waals surface area contributed by atoms with Crippen LogP contribution in [0.1, 0.15) is 27.7 Å². The molecule has 2 atom stereocenters. The minimum Gasteiger partial charge on any atom is -0.467 e. The average Bonchev–Trinajstić information content (AvgIpc) is 2.10. The predicted molar refractivity (Wildman–Crippen MR) is 68.5 cm³/mol. The Morgan fingerprint density at radius 3 is 2.27 bits per heavy atom. The number of carbonyl (C=O) groups excluding carboxylic acids is 1. The molecule has 0 radical (unpaired) electrons. The standard InChI is InChI=1S/C10H20INO3/c1-7(15-10(2,3)4)8(12-11-5)9(13)14-6/h7-8H,1-6H3/t7?,8-/m1/s1. The van der Waals surface area contributed by atoms with Crippen LogP contribution in [-0.2, 0) is 14.3 Å². The number of hydrogen-bond donors (Lipinski definition) is 0. The summed E-state index contributed by atoms with van der Waals surface area (Å²) in [6, 6.07) is -0.480. The fraction of sp³-hybridized carbons (Fsp3) is 0.900. The second-order valence-electron chi connectivity index (χ2n) is 4.17. The maximum Gasteiger partial charge on any atom is 0.333 e. The van der Waals surface area contributed by atoms with E-state index in [-0.39, 0.29) is 38.7 Å². The summed E-state index contributed by atoms with van der Waals surface area (Å²) in [4.78, 5) is 13.4. The van der Waals surface area contributed by atoms with Crippen LogP contribution >= 0.6 is 21.0 Å². The molecule has 0 saturated carbocycles. The third-order valence-corrected chi connectivity index (χ3v) is 2.79. The molecule has 0 aliphatic carbocycles. The molecule has 0 aromatic carbocycles. The topological polar surface area (TPSA) is 47.9 Å². The third kappa shape index (κ3) is 6.19. The monoisotopic (exact) mass is 329 g/mol. The van der Waals surface area contributed by atoms with Gasteiger partial charge < -0.3 is 9.47 Å². The molecule has 0 aromatic heterocycles. The van der Waals surface area contributed by atoms with Crippen LogP contribution in [0.5, 0.6) is 0 Å². The number of esters is 1. The fourth-order valence-corrected chi connectivity index (χ4v) is 2.44. The molecule has 0 fully saturated rings. The first-order chi connectivity index (χ1) is 6.81. The van der Waals surface area contributed by atoms with Crippen molar-refractivity contribution in [3.8, 4) is 0 Å². The summed E-state index contributed by atoms with van der Waals surface area (Å²) in [6.45, 7) is 7.73. The zero-order valence-electron chi connectivity index (χ0n) is 10.2. The SMILES string of the molecule is COC(=O)[C@H](/N=I/C)C(C)OC(C)(C)C. The van der Waals surface area contributed by atoms with E-state index in [0.29, 0.717) is 0 Å². The number of carbonyl (C=O) groups is 1. The molecular formula is C10H20INO3. The molecule has 0 heterocycles. The molecule has 0 spiro atoms. The molecule has 0 aliphatic heterocycles. The van der Waals surface area contributed by atoms with E-state index < -0.39 is 6.04 Å². The second-order valence-corrected chi connectivity index (χ2v) is 5.69. The molecule has 1 unspecified atom stereocenters.